The first kappa shape index (κ1) is 22.8. The normalized spacial score (nSPS) is 15.0. The molecule has 0 saturated heterocycles. The van der Waals surface area contributed by atoms with Gasteiger partial charge in [-0.25, -0.2) is 0 Å². The number of hydrogen-bond donors (Lipinski definition) is 2. The molecule has 1 aliphatic carbocycles. The Hall–Kier alpha value is -3.33. The predicted octanol–water partition coefficient (Wildman–Crippen LogP) is 3.88. The highest BCUT2D eigenvalue weighted by Crippen LogP contribution is 2.29. The number of rotatable bonds is 9. The van der Waals surface area contributed by atoms with Crippen LogP contribution in [0.3, 0.4) is 0 Å². The fourth-order valence-electron chi connectivity index (χ4n) is 4.04. The smallest absolute Gasteiger partial charge is 0.287 e. The molecular weight excluding hydrogens is 442 g/mol. The van der Waals surface area contributed by atoms with Crippen LogP contribution in [0.25, 0.3) is 0 Å². The summed E-state index contributed by atoms with van der Waals surface area (Å²) in [7, 11) is 0. The van der Waals surface area contributed by atoms with Gasteiger partial charge in [-0.2, -0.15) is 0 Å². The Labute approximate surface area is 195 Å². The van der Waals surface area contributed by atoms with Crippen LogP contribution in [0.4, 0.5) is 0 Å². The second kappa shape index (κ2) is 11.0. The predicted molar refractivity (Wildman–Crippen MR) is 122 cm³/mol. The fraction of sp³-hybridized carbons (Fsp3) is 0.375. The van der Waals surface area contributed by atoms with Gasteiger partial charge in [0.25, 0.3) is 5.91 Å². The fourth-order valence-corrected chi connectivity index (χ4v) is 4.88. The maximum Gasteiger partial charge on any atom is 0.287 e. The summed E-state index contributed by atoms with van der Waals surface area (Å²) in [6, 6.07) is 9.59. The third-order valence-corrected chi connectivity index (χ3v) is 6.62. The highest BCUT2D eigenvalue weighted by atomic mass is 32.1. The zero-order valence-corrected chi connectivity index (χ0v) is 19.0. The molecule has 3 amide bonds. The summed E-state index contributed by atoms with van der Waals surface area (Å²) in [6.45, 7) is -0.179. The molecule has 4 rings (SSSR count). The average molecular weight is 470 g/mol. The van der Waals surface area contributed by atoms with E-state index in [4.69, 9.17) is 8.83 Å². The van der Waals surface area contributed by atoms with Gasteiger partial charge in [-0.05, 0) is 48.6 Å². The molecule has 1 atom stereocenters. The van der Waals surface area contributed by atoms with Gasteiger partial charge in [0, 0.05) is 10.9 Å². The van der Waals surface area contributed by atoms with Crippen LogP contribution in [0.2, 0.25) is 0 Å². The summed E-state index contributed by atoms with van der Waals surface area (Å²) < 4.78 is 10.6. The zero-order chi connectivity index (χ0) is 23.0. The molecule has 33 heavy (non-hydrogen) atoms. The summed E-state index contributed by atoms with van der Waals surface area (Å²) in [5.41, 5.74) is 0. The van der Waals surface area contributed by atoms with Gasteiger partial charge in [0.15, 0.2) is 5.76 Å². The van der Waals surface area contributed by atoms with Crippen molar-refractivity contribution in [3.8, 4) is 0 Å². The van der Waals surface area contributed by atoms with Gasteiger partial charge in [0.1, 0.15) is 11.8 Å². The van der Waals surface area contributed by atoms with Gasteiger partial charge in [0.05, 0.1) is 25.6 Å². The van der Waals surface area contributed by atoms with Crippen molar-refractivity contribution in [1.82, 2.24) is 15.5 Å². The van der Waals surface area contributed by atoms with Crippen molar-refractivity contribution in [2.45, 2.75) is 50.7 Å². The third kappa shape index (κ3) is 5.92. The van der Waals surface area contributed by atoms with Crippen LogP contribution in [0, 0.1) is 0 Å². The van der Waals surface area contributed by atoms with Gasteiger partial charge in [-0.15, -0.1) is 11.3 Å². The molecule has 9 heteroatoms. The second-order valence-electron chi connectivity index (χ2n) is 8.02. The van der Waals surface area contributed by atoms with Crippen molar-refractivity contribution in [1.29, 1.82) is 0 Å². The van der Waals surface area contributed by atoms with Gasteiger partial charge >= 0.3 is 0 Å². The van der Waals surface area contributed by atoms with Crippen molar-refractivity contribution < 1.29 is 23.2 Å². The molecule has 0 bridgehead atoms. The van der Waals surface area contributed by atoms with Crippen molar-refractivity contribution in [2.75, 3.05) is 6.54 Å². The summed E-state index contributed by atoms with van der Waals surface area (Å²) >= 11 is 1.41. The standard InChI is InChI=1S/C24H27N3O5S/c28-21(15-25-23(29)19-10-5-13-32-19)27(16-18-9-4-12-31-18)22(20-11-6-14-33-20)24(30)26-17-7-2-1-3-8-17/h4-6,9-14,17,22H,1-3,7-8,15-16H2,(H,25,29)(H,26,30)/t22-/m1/s1. The lowest BCUT2D eigenvalue weighted by Crippen LogP contribution is -2.48. The Morgan fingerprint density at radius 3 is 2.48 bits per heavy atom. The summed E-state index contributed by atoms with van der Waals surface area (Å²) in [5.74, 6) is -0.450. The monoisotopic (exact) mass is 469 g/mol. The molecule has 8 nitrogen and oxygen atoms in total. The summed E-state index contributed by atoms with van der Waals surface area (Å²) in [4.78, 5) is 41.3. The Kier molecular flexibility index (Phi) is 7.62. The van der Waals surface area contributed by atoms with E-state index in [0.29, 0.717) is 5.76 Å². The van der Waals surface area contributed by atoms with E-state index in [-0.39, 0.29) is 30.8 Å². The van der Waals surface area contributed by atoms with E-state index in [9.17, 15) is 14.4 Å². The van der Waals surface area contributed by atoms with Crippen molar-refractivity contribution in [3.63, 3.8) is 0 Å². The first-order valence-electron chi connectivity index (χ1n) is 11.1. The highest BCUT2D eigenvalue weighted by Gasteiger charge is 2.34. The Bertz CT molecular complexity index is 1020. The average Bonchev–Trinajstić information content (AvgIpc) is 3.61. The SMILES string of the molecule is O=C(NCC(=O)N(Cc1ccco1)[C@@H](C(=O)NC1CCCCC1)c1cccs1)c1ccco1. The molecular formula is C24H27N3O5S. The van der Waals surface area contributed by atoms with Crippen molar-refractivity contribution in [3.05, 3.63) is 70.7 Å². The molecule has 3 aromatic rings. The van der Waals surface area contributed by atoms with E-state index in [1.165, 1.54) is 41.3 Å². The third-order valence-electron chi connectivity index (χ3n) is 5.70. The highest BCUT2D eigenvalue weighted by molar-refractivity contribution is 7.10. The lowest BCUT2D eigenvalue weighted by Gasteiger charge is -2.32. The number of thiophene rings is 1. The molecule has 0 unspecified atom stereocenters. The number of nitrogens with one attached hydrogen (secondary N) is 2. The topological polar surface area (TPSA) is 105 Å². The molecule has 174 valence electrons. The maximum absolute atomic E-state index is 13.5. The van der Waals surface area contributed by atoms with Gasteiger partial charge in [0.2, 0.25) is 11.8 Å². The van der Waals surface area contributed by atoms with Crippen LogP contribution in [0.5, 0.6) is 0 Å². The van der Waals surface area contributed by atoms with Gasteiger partial charge in [-0.1, -0.05) is 25.3 Å². The van der Waals surface area contributed by atoms with E-state index in [0.717, 1.165) is 30.6 Å². The van der Waals surface area contributed by atoms with E-state index >= 15 is 0 Å². The number of carbonyl (C=O) groups is 3. The van der Waals surface area contributed by atoms with Crippen molar-refractivity contribution >= 4 is 29.1 Å². The van der Waals surface area contributed by atoms with E-state index < -0.39 is 17.9 Å². The lowest BCUT2D eigenvalue weighted by molar-refractivity contribution is -0.141. The molecule has 3 aromatic heterocycles. The van der Waals surface area contributed by atoms with E-state index in [1.54, 1.807) is 18.2 Å². The summed E-state index contributed by atoms with van der Waals surface area (Å²) in [6.07, 6.45) is 8.15. The molecule has 0 radical (unpaired) electrons. The second-order valence-corrected chi connectivity index (χ2v) is 9.00. The number of carbonyl (C=O) groups excluding carboxylic acids is 3. The van der Waals surface area contributed by atoms with Gasteiger partial charge < -0.3 is 24.4 Å². The Morgan fingerprint density at radius 2 is 1.82 bits per heavy atom. The lowest BCUT2D eigenvalue weighted by atomic mass is 9.95. The van der Waals surface area contributed by atoms with Crippen LogP contribution in [0.15, 0.2) is 63.1 Å². The molecule has 0 aromatic carbocycles. The molecule has 0 spiro atoms. The molecule has 1 aliphatic rings. The van der Waals surface area contributed by atoms with Gasteiger partial charge in [-0.3, -0.25) is 14.4 Å². The zero-order valence-electron chi connectivity index (χ0n) is 18.2. The van der Waals surface area contributed by atoms with Crippen LogP contribution in [-0.2, 0) is 16.1 Å². The van der Waals surface area contributed by atoms with Crippen LogP contribution in [-0.4, -0.2) is 35.2 Å². The molecule has 2 N–H and O–H groups in total. The van der Waals surface area contributed by atoms with Crippen LogP contribution >= 0.6 is 11.3 Å². The minimum Gasteiger partial charge on any atom is -0.467 e. The minimum atomic E-state index is -0.829. The minimum absolute atomic E-state index is 0.100. The maximum atomic E-state index is 13.5. The van der Waals surface area contributed by atoms with Crippen molar-refractivity contribution in [2.24, 2.45) is 0 Å². The molecule has 0 aliphatic heterocycles. The van der Waals surface area contributed by atoms with E-state index in [1.807, 2.05) is 17.5 Å². The van der Waals surface area contributed by atoms with Crippen LogP contribution < -0.4 is 10.6 Å². The molecule has 1 fully saturated rings. The quantitative estimate of drug-likeness (QED) is 0.495. The summed E-state index contributed by atoms with van der Waals surface area (Å²) in [5, 5.41) is 7.61. The first-order valence-corrected chi connectivity index (χ1v) is 12.0. The number of furan rings is 2. The van der Waals surface area contributed by atoms with Crippen LogP contribution in [0.1, 0.15) is 59.3 Å². The van der Waals surface area contributed by atoms with E-state index in [2.05, 4.69) is 10.6 Å². The number of amides is 3. The first-order chi connectivity index (χ1) is 16.1. The molecule has 1 saturated carbocycles. The number of hydrogen-bond acceptors (Lipinski definition) is 6. The number of nitrogens with zero attached hydrogens (tertiary/aromatic N) is 1. The largest absolute Gasteiger partial charge is 0.467 e. The molecule has 3 heterocycles. The Balaban J connectivity index is 1.55. The Morgan fingerprint density at radius 1 is 1.03 bits per heavy atom.